The Morgan fingerprint density at radius 3 is 2.65 bits per heavy atom. The molecule has 0 bridgehead atoms. The Bertz CT molecular complexity index is 277. The van der Waals surface area contributed by atoms with Crippen LogP contribution in [0.25, 0.3) is 0 Å². The van der Waals surface area contributed by atoms with Crippen LogP contribution in [0, 0.1) is 0 Å². The molecule has 2 rings (SSSR count). The monoisotopic (exact) mass is 240 g/mol. The van der Waals surface area contributed by atoms with Crippen molar-refractivity contribution in [1.29, 1.82) is 0 Å². The highest BCUT2D eigenvalue weighted by molar-refractivity contribution is 5.81. The van der Waals surface area contributed by atoms with E-state index < -0.39 is 5.54 Å². The SMILES string of the molecule is COC(=O)C1(NC2CCCC2)CCCN(C)C1. The number of methoxy groups -OCH3 is 1. The number of hydrogen-bond acceptors (Lipinski definition) is 4. The zero-order valence-electron chi connectivity index (χ0n) is 11.0. The van der Waals surface area contributed by atoms with Gasteiger partial charge in [0, 0.05) is 12.6 Å². The van der Waals surface area contributed by atoms with Gasteiger partial charge in [0.15, 0.2) is 0 Å². The molecule has 1 saturated carbocycles. The molecule has 0 aromatic rings. The molecule has 1 N–H and O–H groups in total. The zero-order chi connectivity index (χ0) is 12.3. The standard InChI is InChI=1S/C13H24N2O2/c1-15-9-5-8-13(10-15,12(16)17-2)14-11-6-3-4-7-11/h11,14H,3-10H2,1-2H3. The first kappa shape index (κ1) is 12.8. The number of carbonyl (C=O) groups is 1. The highest BCUT2D eigenvalue weighted by atomic mass is 16.5. The molecule has 2 aliphatic rings. The van der Waals surface area contributed by atoms with Crippen LogP contribution in [0.5, 0.6) is 0 Å². The summed E-state index contributed by atoms with van der Waals surface area (Å²) < 4.78 is 5.02. The van der Waals surface area contributed by atoms with Gasteiger partial charge in [-0.2, -0.15) is 0 Å². The van der Waals surface area contributed by atoms with E-state index >= 15 is 0 Å². The number of ether oxygens (including phenoxy) is 1. The third-order valence-corrected chi connectivity index (χ3v) is 4.09. The summed E-state index contributed by atoms with van der Waals surface area (Å²) in [4.78, 5) is 14.3. The van der Waals surface area contributed by atoms with Crippen LogP contribution in [0.2, 0.25) is 0 Å². The van der Waals surface area contributed by atoms with Crippen LogP contribution in [0.4, 0.5) is 0 Å². The van der Waals surface area contributed by atoms with Gasteiger partial charge in [-0.3, -0.25) is 10.1 Å². The average molecular weight is 240 g/mol. The predicted octanol–water partition coefficient (Wildman–Crippen LogP) is 1.16. The van der Waals surface area contributed by atoms with Crippen molar-refractivity contribution in [3.8, 4) is 0 Å². The number of likely N-dealkylation sites (tertiary alicyclic amines) is 1. The van der Waals surface area contributed by atoms with Gasteiger partial charge in [-0.15, -0.1) is 0 Å². The fourth-order valence-electron chi connectivity index (χ4n) is 3.27. The fourth-order valence-corrected chi connectivity index (χ4v) is 3.27. The van der Waals surface area contributed by atoms with Crippen molar-refractivity contribution >= 4 is 5.97 Å². The second-order valence-corrected chi connectivity index (χ2v) is 5.54. The van der Waals surface area contributed by atoms with Gasteiger partial charge < -0.3 is 9.64 Å². The van der Waals surface area contributed by atoms with Crippen LogP contribution in [-0.4, -0.2) is 49.7 Å². The van der Waals surface area contributed by atoms with Crippen LogP contribution in [0.3, 0.4) is 0 Å². The van der Waals surface area contributed by atoms with E-state index in [1.54, 1.807) is 0 Å². The van der Waals surface area contributed by atoms with Gasteiger partial charge in [-0.1, -0.05) is 12.8 Å². The van der Waals surface area contributed by atoms with Crippen molar-refractivity contribution in [2.75, 3.05) is 27.2 Å². The van der Waals surface area contributed by atoms with Crippen molar-refractivity contribution in [3.63, 3.8) is 0 Å². The van der Waals surface area contributed by atoms with E-state index in [1.807, 2.05) is 0 Å². The molecule has 1 unspecified atom stereocenters. The largest absolute Gasteiger partial charge is 0.468 e. The quantitative estimate of drug-likeness (QED) is 0.752. The summed E-state index contributed by atoms with van der Waals surface area (Å²) in [5.41, 5.74) is -0.462. The second kappa shape index (κ2) is 5.36. The second-order valence-electron chi connectivity index (χ2n) is 5.54. The van der Waals surface area contributed by atoms with E-state index in [-0.39, 0.29) is 5.97 Å². The van der Waals surface area contributed by atoms with Crippen LogP contribution in [-0.2, 0) is 9.53 Å². The molecule has 1 heterocycles. The molecule has 17 heavy (non-hydrogen) atoms. The number of piperidine rings is 1. The normalized spacial score (nSPS) is 31.6. The molecule has 4 nitrogen and oxygen atoms in total. The molecular weight excluding hydrogens is 216 g/mol. The summed E-state index contributed by atoms with van der Waals surface area (Å²) >= 11 is 0. The van der Waals surface area contributed by atoms with Crippen molar-refractivity contribution < 1.29 is 9.53 Å². The maximum atomic E-state index is 12.1. The lowest BCUT2D eigenvalue weighted by Gasteiger charge is -2.41. The van der Waals surface area contributed by atoms with E-state index in [0.717, 1.165) is 25.9 Å². The van der Waals surface area contributed by atoms with Gasteiger partial charge >= 0.3 is 5.97 Å². The van der Waals surface area contributed by atoms with Gasteiger partial charge in [-0.25, -0.2) is 0 Å². The Morgan fingerprint density at radius 2 is 2.06 bits per heavy atom. The number of nitrogens with zero attached hydrogens (tertiary/aromatic N) is 1. The molecule has 0 amide bonds. The highest BCUT2D eigenvalue weighted by Gasteiger charge is 2.43. The lowest BCUT2D eigenvalue weighted by molar-refractivity contribution is -0.151. The van der Waals surface area contributed by atoms with Crippen molar-refractivity contribution in [2.45, 2.75) is 50.1 Å². The molecule has 98 valence electrons. The summed E-state index contributed by atoms with van der Waals surface area (Å²) in [5.74, 6) is -0.0871. The van der Waals surface area contributed by atoms with Crippen molar-refractivity contribution in [1.82, 2.24) is 10.2 Å². The molecule has 0 spiro atoms. The lowest BCUT2D eigenvalue weighted by Crippen LogP contribution is -2.63. The Labute approximate surface area is 104 Å². The van der Waals surface area contributed by atoms with Gasteiger partial charge in [0.25, 0.3) is 0 Å². The van der Waals surface area contributed by atoms with E-state index in [0.29, 0.717) is 6.04 Å². The van der Waals surface area contributed by atoms with Crippen LogP contribution < -0.4 is 5.32 Å². The number of esters is 1. The third-order valence-electron chi connectivity index (χ3n) is 4.09. The number of hydrogen-bond donors (Lipinski definition) is 1. The molecule has 0 aromatic carbocycles. The number of carbonyl (C=O) groups excluding carboxylic acids is 1. The van der Waals surface area contributed by atoms with Crippen LogP contribution in [0.15, 0.2) is 0 Å². The first-order valence-corrected chi connectivity index (χ1v) is 6.71. The smallest absolute Gasteiger partial charge is 0.327 e. The number of rotatable bonds is 3. The van der Waals surface area contributed by atoms with Gasteiger partial charge in [-0.05, 0) is 39.3 Å². The topological polar surface area (TPSA) is 41.6 Å². The van der Waals surface area contributed by atoms with Gasteiger partial charge in [0.05, 0.1) is 7.11 Å². The summed E-state index contributed by atoms with van der Waals surface area (Å²) in [7, 11) is 3.57. The minimum absolute atomic E-state index is 0.0871. The van der Waals surface area contributed by atoms with Crippen molar-refractivity contribution in [3.05, 3.63) is 0 Å². The van der Waals surface area contributed by atoms with Gasteiger partial charge in [0.1, 0.15) is 5.54 Å². The molecule has 0 aromatic heterocycles. The average Bonchev–Trinajstić information content (AvgIpc) is 2.80. The van der Waals surface area contributed by atoms with E-state index in [4.69, 9.17) is 4.74 Å². The lowest BCUT2D eigenvalue weighted by atomic mass is 9.88. The molecule has 4 heteroatoms. The first-order chi connectivity index (χ1) is 8.16. The minimum Gasteiger partial charge on any atom is -0.468 e. The maximum Gasteiger partial charge on any atom is 0.327 e. The fraction of sp³-hybridized carbons (Fsp3) is 0.923. The maximum absolute atomic E-state index is 12.1. The molecule has 1 atom stereocenters. The molecule has 1 aliphatic heterocycles. The first-order valence-electron chi connectivity index (χ1n) is 6.71. The predicted molar refractivity (Wildman–Crippen MR) is 66.9 cm³/mol. The summed E-state index contributed by atoms with van der Waals surface area (Å²) in [6.45, 7) is 1.85. The summed E-state index contributed by atoms with van der Waals surface area (Å²) in [6.07, 6.45) is 6.92. The summed E-state index contributed by atoms with van der Waals surface area (Å²) in [6, 6.07) is 0.501. The molecule has 1 saturated heterocycles. The highest BCUT2D eigenvalue weighted by Crippen LogP contribution is 2.27. The number of nitrogens with one attached hydrogen (secondary N) is 1. The van der Waals surface area contributed by atoms with Crippen molar-refractivity contribution in [2.24, 2.45) is 0 Å². The Hall–Kier alpha value is -0.610. The molecular formula is C13H24N2O2. The Morgan fingerprint density at radius 1 is 1.35 bits per heavy atom. The molecule has 0 radical (unpaired) electrons. The molecule has 2 fully saturated rings. The Balaban J connectivity index is 2.07. The minimum atomic E-state index is -0.462. The molecule has 1 aliphatic carbocycles. The van der Waals surface area contributed by atoms with E-state index in [9.17, 15) is 4.79 Å². The number of likely N-dealkylation sites (N-methyl/N-ethyl adjacent to an activating group) is 1. The third kappa shape index (κ3) is 2.80. The van der Waals surface area contributed by atoms with Gasteiger partial charge in [0.2, 0.25) is 0 Å². The van der Waals surface area contributed by atoms with Crippen LogP contribution in [0.1, 0.15) is 38.5 Å². The summed E-state index contributed by atoms with van der Waals surface area (Å²) in [5, 5.41) is 3.60. The van der Waals surface area contributed by atoms with E-state index in [1.165, 1.54) is 32.8 Å². The zero-order valence-corrected chi connectivity index (χ0v) is 11.0. The Kier molecular flexibility index (Phi) is 4.05. The van der Waals surface area contributed by atoms with E-state index in [2.05, 4.69) is 17.3 Å². The van der Waals surface area contributed by atoms with Crippen LogP contribution >= 0.6 is 0 Å².